The minimum atomic E-state index is 0. The van der Waals surface area contributed by atoms with Gasteiger partial charge in [0.2, 0.25) is 5.95 Å². The minimum absolute atomic E-state index is 0. The lowest BCUT2D eigenvalue weighted by Crippen LogP contribution is -2.31. The maximum absolute atomic E-state index is 9.95. The smallest absolute Gasteiger partial charge is 0.225 e. The Morgan fingerprint density at radius 3 is 2.33 bits per heavy atom. The molecule has 0 unspecified atom stereocenters. The Bertz CT molecular complexity index is 1050. The Morgan fingerprint density at radius 2 is 1.67 bits per heavy atom. The first kappa shape index (κ1) is 24.8. The van der Waals surface area contributed by atoms with Crippen molar-refractivity contribution >= 4 is 22.7 Å². The van der Waals surface area contributed by atoms with Gasteiger partial charge in [-0.3, -0.25) is 0 Å². The molecule has 1 aliphatic carbocycles. The van der Waals surface area contributed by atoms with Gasteiger partial charge in [0.1, 0.15) is 11.6 Å². The van der Waals surface area contributed by atoms with E-state index in [0.29, 0.717) is 17.7 Å². The summed E-state index contributed by atoms with van der Waals surface area (Å²) in [4.78, 5) is 11.6. The van der Waals surface area contributed by atoms with Crippen molar-refractivity contribution in [2.45, 2.75) is 59.5 Å². The number of phenolic OH excluding ortho intramolecular Hbond substituents is 1. The van der Waals surface area contributed by atoms with E-state index in [-0.39, 0.29) is 7.43 Å². The molecule has 6 nitrogen and oxygen atoms in total. The first-order valence-electron chi connectivity index (χ1n) is 11.6. The van der Waals surface area contributed by atoms with Crippen molar-refractivity contribution < 1.29 is 5.11 Å². The molecule has 178 valence electrons. The fourth-order valence-electron chi connectivity index (χ4n) is 4.73. The van der Waals surface area contributed by atoms with Gasteiger partial charge in [-0.05, 0) is 80.8 Å². The first-order valence-corrected chi connectivity index (χ1v) is 11.6. The molecule has 0 atom stereocenters. The number of benzene rings is 2. The van der Waals surface area contributed by atoms with Crippen LogP contribution in [-0.4, -0.2) is 41.8 Å². The van der Waals surface area contributed by atoms with Crippen LogP contribution in [0.4, 0.5) is 11.8 Å². The highest BCUT2D eigenvalue weighted by Crippen LogP contribution is 2.28. The van der Waals surface area contributed by atoms with E-state index >= 15 is 0 Å². The number of aromatic hydroxyl groups is 1. The van der Waals surface area contributed by atoms with Crippen LogP contribution in [0.15, 0.2) is 36.4 Å². The number of hydrogen-bond acceptors (Lipinski definition) is 6. The number of phenols is 1. The molecule has 33 heavy (non-hydrogen) atoms. The van der Waals surface area contributed by atoms with Gasteiger partial charge in [-0.15, -0.1) is 0 Å². The van der Waals surface area contributed by atoms with E-state index < -0.39 is 0 Å². The van der Waals surface area contributed by atoms with Crippen LogP contribution in [0.2, 0.25) is 0 Å². The third kappa shape index (κ3) is 5.93. The highest BCUT2D eigenvalue weighted by molar-refractivity contribution is 5.90. The molecule has 1 aromatic heterocycles. The Morgan fingerprint density at radius 1 is 1.00 bits per heavy atom. The predicted molar refractivity (Wildman–Crippen MR) is 139 cm³/mol. The van der Waals surface area contributed by atoms with Crippen molar-refractivity contribution in [2.24, 2.45) is 5.92 Å². The Balaban J connectivity index is 0.00000306. The molecule has 1 aliphatic rings. The van der Waals surface area contributed by atoms with Crippen molar-refractivity contribution in [3.8, 4) is 5.75 Å². The number of fused-ring (bicyclic) bond motifs is 1. The number of nitrogens with zero attached hydrogens (tertiary/aromatic N) is 3. The molecule has 0 saturated heterocycles. The van der Waals surface area contributed by atoms with E-state index in [9.17, 15) is 5.11 Å². The summed E-state index contributed by atoms with van der Waals surface area (Å²) in [6, 6.07) is 12.7. The van der Waals surface area contributed by atoms with Gasteiger partial charge in [0.05, 0.1) is 5.52 Å². The van der Waals surface area contributed by atoms with Crippen molar-refractivity contribution in [1.29, 1.82) is 0 Å². The summed E-state index contributed by atoms with van der Waals surface area (Å²) >= 11 is 0. The highest BCUT2D eigenvalue weighted by Gasteiger charge is 2.22. The van der Waals surface area contributed by atoms with Crippen molar-refractivity contribution in [2.75, 3.05) is 30.9 Å². The van der Waals surface area contributed by atoms with Crippen LogP contribution in [-0.2, 0) is 6.54 Å². The lowest BCUT2D eigenvalue weighted by molar-refractivity contribution is 0.323. The molecule has 3 aromatic rings. The van der Waals surface area contributed by atoms with E-state index in [1.54, 1.807) is 0 Å². The molecular weight excluding hydrogens is 410 g/mol. The largest absolute Gasteiger partial charge is 0.507 e. The Hall–Kier alpha value is -2.86. The second-order valence-corrected chi connectivity index (χ2v) is 9.35. The third-order valence-electron chi connectivity index (χ3n) is 6.50. The minimum Gasteiger partial charge on any atom is -0.507 e. The quantitative estimate of drug-likeness (QED) is 0.448. The molecule has 1 saturated carbocycles. The van der Waals surface area contributed by atoms with Gasteiger partial charge in [0, 0.05) is 32.1 Å². The zero-order chi connectivity index (χ0) is 22.7. The maximum Gasteiger partial charge on any atom is 0.225 e. The summed E-state index contributed by atoms with van der Waals surface area (Å²) in [6.45, 7) is 5.79. The summed E-state index contributed by atoms with van der Waals surface area (Å²) in [6.07, 6.45) is 4.67. The molecule has 0 amide bonds. The molecule has 3 N–H and O–H groups in total. The molecule has 1 heterocycles. The maximum atomic E-state index is 9.95. The van der Waals surface area contributed by atoms with E-state index in [4.69, 9.17) is 9.97 Å². The lowest BCUT2D eigenvalue weighted by atomic mass is 9.86. The van der Waals surface area contributed by atoms with Gasteiger partial charge in [-0.1, -0.05) is 31.7 Å². The predicted octanol–water partition coefficient (Wildman–Crippen LogP) is 5.41. The van der Waals surface area contributed by atoms with Gasteiger partial charge in [0.25, 0.3) is 0 Å². The van der Waals surface area contributed by atoms with E-state index in [0.717, 1.165) is 59.7 Å². The normalized spacial score (nSPS) is 18.1. The first-order chi connectivity index (χ1) is 15.4. The van der Waals surface area contributed by atoms with Crippen LogP contribution in [0, 0.1) is 19.8 Å². The summed E-state index contributed by atoms with van der Waals surface area (Å²) in [7, 11) is 4.05. The fraction of sp³-hybridized carbons (Fsp3) is 0.481. The molecule has 0 aliphatic heterocycles. The van der Waals surface area contributed by atoms with Gasteiger partial charge < -0.3 is 20.6 Å². The van der Waals surface area contributed by atoms with E-state index in [1.807, 2.05) is 40.1 Å². The number of aryl methyl sites for hydroxylation is 2. The molecule has 2 aromatic carbocycles. The molecule has 6 heteroatoms. The van der Waals surface area contributed by atoms with E-state index in [1.165, 1.54) is 18.4 Å². The number of anilines is 2. The second-order valence-electron chi connectivity index (χ2n) is 9.35. The number of aromatic nitrogens is 2. The van der Waals surface area contributed by atoms with Crippen LogP contribution in [0.1, 0.15) is 49.8 Å². The third-order valence-corrected chi connectivity index (χ3v) is 6.50. The van der Waals surface area contributed by atoms with Crippen LogP contribution in [0.3, 0.4) is 0 Å². The molecule has 0 spiro atoms. The van der Waals surface area contributed by atoms with Gasteiger partial charge >= 0.3 is 0 Å². The summed E-state index contributed by atoms with van der Waals surface area (Å²) in [5.41, 5.74) is 4.10. The SMILES string of the molecule is C.Cc1cc(CNCC2CCC(Nc3nc(N(C)C)c4ccccc4n3)CC2)cc(C)c1O. The molecule has 0 radical (unpaired) electrons. The molecule has 4 rings (SSSR count). The van der Waals surface area contributed by atoms with Crippen LogP contribution in [0.5, 0.6) is 5.75 Å². The monoisotopic (exact) mass is 449 g/mol. The van der Waals surface area contributed by atoms with E-state index in [2.05, 4.69) is 39.8 Å². The average molecular weight is 450 g/mol. The number of hydrogen-bond donors (Lipinski definition) is 3. The zero-order valence-corrected chi connectivity index (χ0v) is 19.7. The number of rotatable bonds is 7. The van der Waals surface area contributed by atoms with Crippen LogP contribution >= 0.6 is 0 Å². The fourth-order valence-corrected chi connectivity index (χ4v) is 4.73. The van der Waals surface area contributed by atoms with Crippen molar-refractivity contribution in [1.82, 2.24) is 15.3 Å². The lowest BCUT2D eigenvalue weighted by Gasteiger charge is -2.29. The number of nitrogens with one attached hydrogen (secondary N) is 2. The average Bonchev–Trinajstić information content (AvgIpc) is 2.78. The van der Waals surface area contributed by atoms with Crippen molar-refractivity contribution in [3.05, 3.63) is 53.1 Å². The molecule has 1 fully saturated rings. The Labute approximate surface area is 198 Å². The van der Waals surface area contributed by atoms with Gasteiger partial charge in [-0.2, -0.15) is 4.98 Å². The van der Waals surface area contributed by atoms with Crippen LogP contribution in [0.25, 0.3) is 10.9 Å². The summed E-state index contributed by atoms with van der Waals surface area (Å²) < 4.78 is 0. The summed E-state index contributed by atoms with van der Waals surface area (Å²) in [5.74, 6) is 2.79. The van der Waals surface area contributed by atoms with Gasteiger partial charge in [0.15, 0.2) is 0 Å². The zero-order valence-electron chi connectivity index (χ0n) is 19.7. The topological polar surface area (TPSA) is 73.3 Å². The molecular formula is C27H39N5O. The molecule has 0 bridgehead atoms. The standard InChI is InChI=1S/C26H35N5O.CH4/c1-17-13-20(14-18(2)24(17)32)16-27-15-19-9-11-21(12-10-19)28-26-29-23-8-6-5-7-22(23)25(30-26)31(3)4;/h5-8,13-14,19,21,27,32H,9-12,15-16H2,1-4H3,(H,28,29,30);1H4. The summed E-state index contributed by atoms with van der Waals surface area (Å²) in [5, 5.41) is 18.2. The van der Waals surface area contributed by atoms with Crippen molar-refractivity contribution in [3.63, 3.8) is 0 Å². The highest BCUT2D eigenvalue weighted by atomic mass is 16.3. The second kappa shape index (κ2) is 10.8. The van der Waals surface area contributed by atoms with Gasteiger partial charge in [-0.25, -0.2) is 4.98 Å². The van der Waals surface area contributed by atoms with Crippen LogP contribution < -0.4 is 15.5 Å². The Kier molecular flexibility index (Phi) is 8.14. The number of para-hydroxylation sites is 1.